The highest BCUT2D eigenvalue weighted by molar-refractivity contribution is 7.87. The Bertz CT molecular complexity index is 867. The van der Waals surface area contributed by atoms with Crippen molar-refractivity contribution < 1.29 is 17.4 Å². The van der Waals surface area contributed by atoms with Gasteiger partial charge in [0.05, 0.1) is 5.75 Å². The third-order valence-corrected chi connectivity index (χ3v) is 5.67. The van der Waals surface area contributed by atoms with E-state index < -0.39 is 15.5 Å². The van der Waals surface area contributed by atoms with Gasteiger partial charge >= 0.3 is 10.1 Å². The van der Waals surface area contributed by atoms with Gasteiger partial charge in [0.15, 0.2) is 0 Å². The molecular weight excluding hydrogens is 398 g/mol. The Morgan fingerprint density at radius 3 is 2.21 bits per heavy atom. The second-order valence-corrected chi connectivity index (χ2v) is 9.26. The number of rotatable bonds is 9. The Morgan fingerprint density at radius 1 is 1.07 bits per heavy atom. The van der Waals surface area contributed by atoms with E-state index in [1.165, 1.54) is 6.92 Å². The van der Waals surface area contributed by atoms with Crippen LogP contribution in [0.25, 0.3) is 0 Å². The van der Waals surface area contributed by atoms with E-state index in [4.69, 9.17) is 15.8 Å². The summed E-state index contributed by atoms with van der Waals surface area (Å²) in [5.74, 6) is 0.283. The number of amides is 1. The molecule has 0 N–H and O–H groups in total. The average molecular weight is 424 g/mol. The zero-order valence-electron chi connectivity index (χ0n) is 16.3. The molecule has 28 heavy (non-hydrogen) atoms. The van der Waals surface area contributed by atoms with E-state index in [-0.39, 0.29) is 23.3 Å². The maximum Gasteiger partial charge on any atom is 0.308 e. The van der Waals surface area contributed by atoms with Crippen molar-refractivity contribution in [3.63, 3.8) is 0 Å². The van der Waals surface area contributed by atoms with Crippen molar-refractivity contribution in [3.8, 4) is 5.75 Å². The molecule has 0 heterocycles. The highest BCUT2D eigenvalue weighted by Crippen LogP contribution is 2.25. The molecule has 0 saturated carbocycles. The average Bonchev–Trinajstić information content (AvgIpc) is 2.68. The van der Waals surface area contributed by atoms with E-state index in [0.29, 0.717) is 13.1 Å². The van der Waals surface area contributed by atoms with Crippen LogP contribution < -0.4 is 4.18 Å². The van der Waals surface area contributed by atoms with Gasteiger partial charge in [0, 0.05) is 13.1 Å². The van der Waals surface area contributed by atoms with Crippen LogP contribution in [0, 0.1) is 5.92 Å². The molecule has 0 fully saturated rings. The lowest BCUT2D eigenvalue weighted by Crippen LogP contribution is -2.36. The normalized spacial score (nSPS) is 12.6. The van der Waals surface area contributed by atoms with E-state index in [1.807, 2.05) is 44.2 Å². The molecule has 0 radical (unpaired) electrons. The summed E-state index contributed by atoms with van der Waals surface area (Å²) in [7, 11) is -3.56. The first kappa shape index (κ1) is 22.2. The fourth-order valence-corrected chi connectivity index (χ4v) is 3.48. The fraction of sp³-hybridized carbons (Fsp3) is 0.381. The highest BCUT2D eigenvalue weighted by Gasteiger charge is 2.24. The molecule has 2 rings (SSSR count). The van der Waals surface area contributed by atoms with E-state index in [9.17, 15) is 13.2 Å². The van der Waals surface area contributed by atoms with Crippen LogP contribution in [-0.4, -0.2) is 31.5 Å². The van der Waals surface area contributed by atoms with Gasteiger partial charge in [-0.3, -0.25) is 4.79 Å². The van der Waals surface area contributed by atoms with Crippen LogP contribution in [0.15, 0.2) is 54.6 Å². The van der Waals surface area contributed by atoms with Crippen molar-refractivity contribution in [2.24, 2.45) is 5.92 Å². The molecule has 0 spiro atoms. The molecular formula is C21H26ClNO4S. The first-order chi connectivity index (χ1) is 13.2. The number of benzene rings is 2. The molecule has 7 heteroatoms. The first-order valence-corrected chi connectivity index (χ1v) is 11.2. The number of carbonyl (C=O) groups is 1. The lowest BCUT2D eigenvalue weighted by molar-refractivity contribution is -0.132. The van der Waals surface area contributed by atoms with Gasteiger partial charge in [0.2, 0.25) is 5.91 Å². The van der Waals surface area contributed by atoms with E-state index in [2.05, 4.69) is 0 Å². The Balaban J connectivity index is 2.14. The van der Waals surface area contributed by atoms with Gasteiger partial charge in [-0.25, -0.2) is 0 Å². The lowest BCUT2D eigenvalue weighted by Gasteiger charge is -2.27. The van der Waals surface area contributed by atoms with Crippen LogP contribution in [0.3, 0.4) is 0 Å². The Hall–Kier alpha value is -2.05. The zero-order valence-corrected chi connectivity index (χ0v) is 17.9. The van der Waals surface area contributed by atoms with Crippen molar-refractivity contribution in [3.05, 3.63) is 65.7 Å². The zero-order chi connectivity index (χ0) is 20.7. The number of carbonyl (C=O) groups excluding carboxylic acids is 1. The second-order valence-electron chi connectivity index (χ2n) is 6.96. The van der Waals surface area contributed by atoms with Crippen LogP contribution in [0.4, 0.5) is 0 Å². The van der Waals surface area contributed by atoms with Gasteiger partial charge in [0.25, 0.3) is 0 Å². The highest BCUT2D eigenvalue weighted by atomic mass is 35.5. The van der Waals surface area contributed by atoms with E-state index in [0.717, 1.165) is 11.1 Å². The minimum absolute atomic E-state index is 0.0952. The van der Waals surface area contributed by atoms with Crippen LogP contribution in [-0.2, 0) is 21.5 Å². The van der Waals surface area contributed by atoms with E-state index >= 15 is 0 Å². The monoisotopic (exact) mass is 423 g/mol. The maximum absolute atomic E-state index is 13.0. The van der Waals surface area contributed by atoms with E-state index in [1.54, 1.807) is 29.2 Å². The predicted octanol–water partition coefficient (Wildman–Crippen LogP) is 4.38. The Morgan fingerprint density at radius 2 is 1.68 bits per heavy atom. The summed E-state index contributed by atoms with van der Waals surface area (Å²) in [6.45, 7) is 6.55. The molecule has 2 aromatic rings. The fourth-order valence-electron chi connectivity index (χ4n) is 2.67. The number of halogens is 1. The number of hydrogen-bond donors (Lipinski definition) is 0. The van der Waals surface area contributed by atoms with Gasteiger partial charge < -0.3 is 9.08 Å². The molecule has 1 atom stereocenters. The van der Waals surface area contributed by atoms with Crippen molar-refractivity contribution in [2.45, 2.75) is 32.7 Å². The SMILES string of the molecule is CCS(=O)(=O)Oc1ccc(CN(CC(C)C)C(=O)C(Cl)c2ccccc2)cc1. The molecule has 1 amide bonds. The number of hydrogen-bond acceptors (Lipinski definition) is 4. The van der Waals surface area contributed by atoms with Gasteiger partial charge in [0.1, 0.15) is 11.1 Å². The van der Waals surface area contributed by atoms with Crippen LogP contribution in [0.5, 0.6) is 5.75 Å². The third kappa shape index (κ3) is 6.53. The maximum atomic E-state index is 13.0. The summed E-state index contributed by atoms with van der Waals surface area (Å²) in [4.78, 5) is 14.7. The molecule has 0 aromatic heterocycles. The molecule has 2 aromatic carbocycles. The van der Waals surface area contributed by atoms with Crippen molar-refractivity contribution >= 4 is 27.6 Å². The molecule has 152 valence electrons. The quantitative estimate of drug-likeness (QED) is 0.443. The van der Waals surface area contributed by atoms with Crippen molar-refractivity contribution in [1.82, 2.24) is 4.90 Å². The molecule has 0 aliphatic carbocycles. The van der Waals surface area contributed by atoms with Crippen LogP contribution >= 0.6 is 11.6 Å². The molecule has 0 aliphatic rings. The molecule has 1 unspecified atom stereocenters. The number of nitrogens with zero attached hydrogens (tertiary/aromatic N) is 1. The standard InChI is InChI=1S/C21H26ClNO4S/c1-4-28(25,26)27-19-12-10-17(11-13-19)15-23(14-16(2)3)21(24)20(22)18-8-6-5-7-9-18/h5-13,16,20H,4,14-15H2,1-3H3. The Kier molecular flexibility index (Phi) is 7.89. The van der Waals surface area contributed by atoms with Crippen molar-refractivity contribution in [1.29, 1.82) is 0 Å². The molecule has 0 aliphatic heterocycles. The molecule has 0 bridgehead atoms. The van der Waals surface area contributed by atoms with Gasteiger partial charge in [-0.1, -0.05) is 56.3 Å². The summed E-state index contributed by atoms with van der Waals surface area (Å²) in [6.07, 6.45) is 0. The summed E-state index contributed by atoms with van der Waals surface area (Å²) in [5.41, 5.74) is 1.63. The third-order valence-electron chi connectivity index (χ3n) is 4.08. The van der Waals surface area contributed by atoms with Gasteiger partial charge in [-0.15, -0.1) is 11.6 Å². The minimum Gasteiger partial charge on any atom is -0.382 e. The molecule has 5 nitrogen and oxygen atoms in total. The van der Waals surface area contributed by atoms with Crippen LogP contribution in [0.2, 0.25) is 0 Å². The summed E-state index contributed by atoms with van der Waals surface area (Å²) in [6, 6.07) is 16.0. The first-order valence-electron chi connectivity index (χ1n) is 9.20. The Labute approximate surface area is 172 Å². The lowest BCUT2D eigenvalue weighted by atomic mass is 10.1. The van der Waals surface area contributed by atoms with Gasteiger partial charge in [-0.2, -0.15) is 8.42 Å². The van der Waals surface area contributed by atoms with Crippen LogP contribution in [0.1, 0.15) is 37.3 Å². The van der Waals surface area contributed by atoms with Gasteiger partial charge in [-0.05, 0) is 36.1 Å². The minimum atomic E-state index is -3.56. The second kappa shape index (κ2) is 9.94. The predicted molar refractivity (Wildman–Crippen MR) is 112 cm³/mol. The molecule has 0 saturated heterocycles. The topological polar surface area (TPSA) is 63.7 Å². The number of alkyl halides is 1. The summed E-state index contributed by atoms with van der Waals surface area (Å²) < 4.78 is 28.1. The van der Waals surface area contributed by atoms with Crippen molar-refractivity contribution in [2.75, 3.05) is 12.3 Å². The largest absolute Gasteiger partial charge is 0.382 e. The summed E-state index contributed by atoms with van der Waals surface area (Å²) in [5, 5.41) is -0.753. The summed E-state index contributed by atoms with van der Waals surface area (Å²) >= 11 is 6.44. The smallest absolute Gasteiger partial charge is 0.308 e.